The van der Waals surface area contributed by atoms with Crippen LogP contribution in [0.25, 0.3) is 77.5 Å². The van der Waals surface area contributed by atoms with Gasteiger partial charge in [0, 0.05) is 33.5 Å². The van der Waals surface area contributed by atoms with Crippen LogP contribution in [-0.4, -0.2) is 4.98 Å². The van der Waals surface area contributed by atoms with E-state index in [4.69, 9.17) is 13.8 Å². The second-order valence-electron chi connectivity index (χ2n) is 12.8. The van der Waals surface area contributed by atoms with Gasteiger partial charge in [0.15, 0.2) is 5.58 Å². The fourth-order valence-corrected chi connectivity index (χ4v) is 7.26. The molecule has 0 radical (unpaired) electrons. The lowest BCUT2D eigenvalue weighted by Gasteiger charge is -2.28. The van der Waals surface area contributed by atoms with Crippen LogP contribution in [0.1, 0.15) is 0 Å². The van der Waals surface area contributed by atoms with Crippen LogP contribution >= 0.6 is 0 Å². The second-order valence-corrected chi connectivity index (χ2v) is 12.8. The van der Waals surface area contributed by atoms with E-state index in [9.17, 15) is 0 Å². The minimum Gasteiger partial charge on any atom is -0.456 e. The van der Waals surface area contributed by atoms with E-state index in [1.807, 2.05) is 48.5 Å². The van der Waals surface area contributed by atoms with Gasteiger partial charge in [-0.25, -0.2) is 4.98 Å². The molecule has 4 nitrogen and oxygen atoms in total. The van der Waals surface area contributed by atoms with Gasteiger partial charge in [0.25, 0.3) is 0 Å². The Labute approximate surface area is 294 Å². The smallest absolute Gasteiger partial charge is 0.227 e. The molecule has 0 N–H and O–H groups in total. The lowest BCUT2D eigenvalue weighted by atomic mass is 9.99. The van der Waals surface area contributed by atoms with E-state index in [0.717, 1.165) is 77.9 Å². The van der Waals surface area contributed by atoms with Crippen molar-refractivity contribution in [3.8, 4) is 33.7 Å². The Morgan fingerprint density at radius 2 is 1.08 bits per heavy atom. The number of anilines is 3. The van der Waals surface area contributed by atoms with Crippen molar-refractivity contribution in [2.24, 2.45) is 0 Å². The molecule has 2 heterocycles. The third-order valence-electron chi connectivity index (χ3n) is 9.69. The Morgan fingerprint density at radius 1 is 0.431 bits per heavy atom. The molecule has 0 aliphatic heterocycles. The van der Waals surface area contributed by atoms with Crippen LogP contribution in [0.4, 0.5) is 17.1 Å². The molecule has 10 aromatic rings. The first kappa shape index (κ1) is 29.0. The maximum Gasteiger partial charge on any atom is 0.227 e. The molecule has 8 aromatic carbocycles. The zero-order chi connectivity index (χ0) is 33.7. The summed E-state index contributed by atoms with van der Waals surface area (Å²) < 4.78 is 13.0. The molecule has 2 aromatic heterocycles. The van der Waals surface area contributed by atoms with Crippen molar-refractivity contribution < 1.29 is 8.83 Å². The summed E-state index contributed by atoms with van der Waals surface area (Å²) in [6.45, 7) is 0. The lowest BCUT2D eigenvalue weighted by molar-refractivity contribution is 0.622. The molecule has 0 bridgehead atoms. The maximum absolute atomic E-state index is 6.58. The molecule has 0 aliphatic rings. The summed E-state index contributed by atoms with van der Waals surface area (Å²) in [6.07, 6.45) is 0. The van der Waals surface area contributed by atoms with Gasteiger partial charge in [-0.2, -0.15) is 0 Å². The van der Waals surface area contributed by atoms with Gasteiger partial charge in [0.05, 0.1) is 11.1 Å². The predicted molar refractivity (Wildman–Crippen MR) is 210 cm³/mol. The van der Waals surface area contributed by atoms with Crippen LogP contribution in [0.3, 0.4) is 0 Å². The minimum atomic E-state index is 0.584. The molecule has 4 heteroatoms. The quantitative estimate of drug-likeness (QED) is 0.179. The molecule has 10 rings (SSSR count). The van der Waals surface area contributed by atoms with E-state index in [2.05, 4.69) is 138 Å². The van der Waals surface area contributed by atoms with Crippen LogP contribution in [-0.2, 0) is 0 Å². The number of rotatable bonds is 6. The SMILES string of the molecule is c1ccc(-c2nc3c(-c4ccc(N(c5ccc6ccccc6c5)c5ccccc5-c5ccccc5)cc4)cc4oc5ccccc5c4c3o2)cc1. The van der Waals surface area contributed by atoms with E-state index in [-0.39, 0.29) is 0 Å². The average Bonchev–Trinajstić information content (AvgIpc) is 3.81. The molecule has 0 spiro atoms. The van der Waals surface area contributed by atoms with Crippen molar-refractivity contribution in [3.63, 3.8) is 0 Å². The van der Waals surface area contributed by atoms with Crippen molar-refractivity contribution in [2.75, 3.05) is 4.90 Å². The van der Waals surface area contributed by atoms with Crippen LogP contribution in [0.2, 0.25) is 0 Å². The number of benzene rings is 8. The molecule has 0 saturated carbocycles. The maximum atomic E-state index is 6.58. The molecule has 51 heavy (non-hydrogen) atoms. The summed E-state index contributed by atoms with van der Waals surface area (Å²) >= 11 is 0. The Balaban J connectivity index is 1.16. The normalized spacial score (nSPS) is 11.5. The lowest BCUT2D eigenvalue weighted by Crippen LogP contribution is -2.11. The van der Waals surface area contributed by atoms with E-state index >= 15 is 0 Å². The first-order chi connectivity index (χ1) is 25.3. The van der Waals surface area contributed by atoms with Gasteiger partial charge in [-0.1, -0.05) is 127 Å². The first-order valence-electron chi connectivity index (χ1n) is 17.1. The van der Waals surface area contributed by atoms with E-state index in [0.29, 0.717) is 5.89 Å². The van der Waals surface area contributed by atoms with E-state index < -0.39 is 0 Å². The van der Waals surface area contributed by atoms with Crippen LogP contribution in [0.15, 0.2) is 191 Å². The van der Waals surface area contributed by atoms with Crippen molar-refractivity contribution in [1.82, 2.24) is 4.98 Å². The molecule has 0 saturated heterocycles. The van der Waals surface area contributed by atoms with Crippen molar-refractivity contribution in [3.05, 3.63) is 182 Å². The Kier molecular flexibility index (Phi) is 6.78. The second kappa shape index (κ2) is 11.9. The number of hydrogen-bond donors (Lipinski definition) is 0. The highest BCUT2D eigenvalue weighted by molar-refractivity contribution is 6.19. The fraction of sp³-hybridized carbons (Fsp3) is 0. The minimum absolute atomic E-state index is 0.584. The van der Waals surface area contributed by atoms with Gasteiger partial charge >= 0.3 is 0 Å². The standard InChI is InChI=1S/C47H30N2O2/c1-3-14-32(15-4-1)38-19-9-11-21-41(38)49(37-28-23-31-13-7-8-18-35(31)29-37)36-26-24-33(25-27-36)40-30-43-44(39-20-10-12-22-42(39)50-43)46-45(40)48-47(51-46)34-16-5-2-6-17-34/h1-30H. The van der Waals surface area contributed by atoms with Gasteiger partial charge in [-0.3, -0.25) is 0 Å². The summed E-state index contributed by atoms with van der Waals surface area (Å²) in [5.74, 6) is 0.584. The molecular weight excluding hydrogens is 625 g/mol. The Morgan fingerprint density at radius 3 is 1.90 bits per heavy atom. The van der Waals surface area contributed by atoms with Gasteiger partial charge in [-0.15, -0.1) is 0 Å². The summed E-state index contributed by atoms with van der Waals surface area (Å²) in [5.41, 5.74) is 11.6. The summed E-state index contributed by atoms with van der Waals surface area (Å²) in [7, 11) is 0. The highest BCUT2D eigenvalue weighted by Gasteiger charge is 2.22. The third kappa shape index (κ3) is 4.96. The molecule has 0 unspecified atom stereocenters. The summed E-state index contributed by atoms with van der Waals surface area (Å²) in [6, 6.07) is 63.4. The third-order valence-corrected chi connectivity index (χ3v) is 9.69. The number of fused-ring (bicyclic) bond motifs is 6. The zero-order valence-electron chi connectivity index (χ0n) is 27.5. The highest BCUT2D eigenvalue weighted by atomic mass is 16.4. The molecule has 0 amide bonds. The number of aromatic nitrogens is 1. The molecular formula is C47H30N2O2. The van der Waals surface area contributed by atoms with E-state index in [1.54, 1.807) is 0 Å². The average molecular weight is 655 g/mol. The molecule has 0 fully saturated rings. The fourth-order valence-electron chi connectivity index (χ4n) is 7.26. The van der Waals surface area contributed by atoms with Crippen molar-refractivity contribution >= 4 is 60.9 Å². The topological polar surface area (TPSA) is 42.4 Å². The predicted octanol–water partition coefficient (Wildman–Crippen LogP) is 13.4. The van der Waals surface area contributed by atoms with Crippen LogP contribution < -0.4 is 4.90 Å². The largest absolute Gasteiger partial charge is 0.456 e. The number of furan rings is 1. The van der Waals surface area contributed by atoms with Crippen LogP contribution in [0.5, 0.6) is 0 Å². The molecule has 240 valence electrons. The number of nitrogens with zero attached hydrogens (tertiary/aromatic N) is 2. The van der Waals surface area contributed by atoms with Crippen molar-refractivity contribution in [1.29, 1.82) is 0 Å². The molecule has 0 atom stereocenters. The number of oxazole rings is 1. The van der Waals surface area contributed by atoms with Gasteiger partial charge < -0.3 is 13.7 Å². The first-order valence-corrected chi connectivity index (χ1v) is 17.1. The Hall–Kier alpha value is -6.91. The molecule has 0 aliphatic carbocycles. The van der Waals surface area contributed by atoms with Gasteiger partial charge in [0.1, 0.15) is 16.7 Å². The highest BCUT2D eigenvalue weighted by Crippen LogP contribution is 2.44. The summed E-state index contributed by atoms with van der Waals surface area (Å²) in [4.78, 5) is 7.45. The number of hydrogen-bond acceptors (Lipinski definition) is 4. The van der Waals surface area contributed by atoms with Gasteiger partial charge in [0.2, 0.25) is 5.89 Å². The number of para-hydroxylation sites is 2. The Bertz CT molecular complexity index is 2850. The van der Waals surface area contributed by atoms with Crippen molar-refractivity contribution in [2.45, 2.75) is 0 Å². The van der Waals surface area contributed by atoms with Gasteiger partial charge in [-0.05, 0) is 76.5 Å². The summed E-state index contributed by atoms with van der Waals surface area (Å²) in [5, 5.41) is 4.35. The van der Waals surface area contributed by atoms with Crippen LogP contribution in [0, 0.1) is 0 Å². The van der Waals surface area contributed by atoms with E-state index in [1.165, 1.54) is 10.8 Å². The zero-order valence-corrected chi connectivity index (χ0v) is 27.5. The monoisotopic (exact) mass is 654 g/mol.